The molecule has 0 amide bonds. The molecule has 0 spiro atoms. The third-order valence-corrected chi connectivity index (χ3v) is 16.5. The van der Waals surface area contributed by atoms with Crippen LogP contribution in [0.15, 0.2) is 110 Å². The second-order valence-corrected chi connectivity index (χ2v) is 23.4. The fraction of sp³-hybridized carbons (Fsp3) is 0.413. The van der Waals surface area contributed by atoms with Gasteiger partial charge in [0.05, 0.1) is 42.6 Å². The predicted molar refractivity (Wildman–Crippen MR) is 323 cm³/mol. The standard InChI is InChI=1S/C22H25N7O.C21H25N5O2.C20H25N5O/c1-22(2)18(12-19(22)30)27-20-16(13-23)14-25-21(28-20)24-10-8-15-4-6-17(7-5-15)29-11-3-9-26-29;1-13(27)15-6-4-5-14(9-15)7-8-23-20-24-12-16(11-22)19(26-20)25-17-10-18(28)21(17,2)3;1-13-5-4-6-14(9-13)7-8-22-19-23-12-15(11-21)18(25-19)24-16-10-17(26)20(16,2)3/h3-7,9,11,14,18-19,30H,8,10,12H2,1-2H3,(H2,24,25,27,28);4-6,9,12,17-18,28H,7-8,10H2,1-3H3,(H2,23,24,25,26);4-6,9,12,16-17,26H,7-8,10H2,1-3H3,(H2,22,23,24,25)/t18-,19+;17-,18+;16-,17+/m111/s1. The van der Waals surface area contributed by atoms with Gasteiger partial charge in [-0.05, 0) is 93.3 Å². The fourth-order valence-electron chi connectivity index (χ4n) is 9.92. The molecule has 0 radical (unpaired) electrons. The lowest BCUT2D eigenvalue weighted by atomic mass is 9.64. The summed E-state index contributed by atoms with van der Waals surface area (Å²) >= 11 is 0. The number of nitrogens with one attached hydrogen (secondary N) is 6. The zero-order chi connectivity index (χ0) is 60.2. The average molecular weight is 1130 g/mol. The van der Waals surface area contributed by atoms with E-state index >= 15 is 0 Å². The lowest BCUT2D eigenvalue weighted by Gasteiger charge is -2.49. The van der Waals surface area contributed by atoms with Crippen LogP contribution in [0, 0.1) is 57.2 Å². The summed E-state index contributed by atoms with van der Waals surface area (Å²) in [6, 6.07) is 32.6. The van der Waals surface area contributed by atoms with Gasteiger partial charge in [0.2, 0.25) is 17.8 Å². The van der Waals surface area contributed by atoms with Crippen molar-refractivity contribution in [3.63, 3.8) is 0 Å². The van der Waals surface area contributed by atoms with Gasteiger partial charge in [-0.1, -0.05) is 102 Å². The van der Waals surface area contributed by atoms with E-state index in [2.05, 4.69) is 128 Å². The number of aromatic nitrogens is 8. The third-order valence-electron chi connectivity index (χ3n) is 16.5. The summed E-state index contributed by atoms with van der Waals surface area (Å²) in [5, 5.41) is 81.5. The monoisotopic (exact) mass is 1130 g/mol. The minimum atomic E-state index is -0.360. The molecule has 84 heavy (non-hydrogen) atoms. The second-order valence-electron chi connectivity index (χ2n) is 23.4. The highest BCUT2D eigenvalue weighted by Gasteiger charge is 2.49. The normalized spacial score (nSPS) is 20.0. The van der Waals surface area contributed by atoms with Crippen LogP contribution in [0.1, 0.15) is 117 Å². The number of anilines is 6. The molecule has 3 saturated carbocycles. The number of nitrogens with zero attached hydrogens (tertiary/aromatic N) is 11. The first kappa shape index (κ1) is 61.0. The molecule has 3 aromatic carbocycles. The molecule has 0 aliphatic heterocycles. The molecule has 3 aliphatic carbocycles. The zero-order valence-electron chi connectivity index (χ0n) is 48.9. The van der Waals surface area contributed by atoms with Gasteiger partial charge in [-0.3, -0.25) is 4.79 Å². The van der Waals surface area contributed by atoms with Gasteiger partial charge < -0.3 is 47.2 Å². The van der Waals surface area contributed by atoms with Crippen LogP contribution < -0.4 is 31.9 Å². The summed E-state index contributed by atoms with van der Waals surface area (Å²) in [4.78, 5) is 37.6. The highest BCUT2D eigenvalue weighted by molar-refractivity contribution is 5.94. The van der Waals surface area contributed by atoms with Crippen molar-refractivity contribution in [2.45, 2.75) is 130 Å². The summed E-state index contributed by atoms with van der Waals surface area (Å²) in [6.07, 6.45) is 11.5. The Morgan fingerprint density at radius 3 is 1.33 bits per heavy atom. The number of ketones is 1. The van der Waals surface area contributed by atoms with E-state index in [1.807, 2.05) is 88.8 Å². The van der Waals surface area contributed by atoms with Gasteiger partial charge in [0, 0.05) is 72.0 Å². The molecular weight excluding hydrogens is 1060 g/mol. The largest absolute Gasteiger partial charge is 0.392 e. The van der Waals surface area contributed by atoms with Gasteiger partial charge in [-0.25, -0.2) is 19.6 Å². The Labute approximate surface area is 491 Å². The summed E-state index contributed by atoms with van der Waals surface area (Å²) in [7, 11) is 0. The maximum absolute atomic E-state index is 11.5. The number of hydrogen-bond acceptors (Lipinski definition) is 20. The number of carbonyl (C=O) groups is 1. The summed E-state index contributed by atoms with van der Waals surface area (Å²) in [5.74, 6) is 2.95. The number of aryl methyl sites for hydroxylation is 1. The molecule has 4 aromatic heterocycles. The highest BCUT2D eigenvalue weighted by Crippen LogP contribution is 2.44. The van der Waals surface area contributed by atoms with Gasteiger partial charge in [0.1, 0.15) is 52.4 Å². The third kappa shape index (κ3) is 14.9. The molecule has 0 unspecified atom stereocenters. The smallest absolute Gasteiger partial charge is 0.224 e. The number of carbonyl (C=O) groups excluding carboxylic acids is 1. The Hall–Kier alpha value is -9.07. The molecule has 0 saturated heterocycles. The number of benzene rings is 3. The van der Waals surface area contributed by atoms with E-state index in [1.54, 1.807) is 19.2 Å². The van der Waals surface area contributed by atoms with Gasteiger partial charge in [0.15, 0.2) is 5.78 Å². The van der Waals surface area contributed by atoms with Gasteiger partial charge in [0.25, 0.3) is 0 Å². The molecule has 7 aromatic rings. The number of aliphatic hydroxyl groups is 3. The lowest BCUT2D eigenvalue weighted by Crippen LogP contribution is -2.57. The number of rotatable bonds is 20. The van der Waals surface area contributed by atoms with Crippen molar-refractivity contribution in [2.75, 3.05) is 51.5 Å². The molecule has 10 rings (SSSR count). The molecule has 436 valence electrons. The van der Waals surface area contributed by atoms with Crippen LogP contribution in [-0.4, -0.2) is 117 Å². The van der Waals surface area contributed by atoms with Crippen molar-refractivity contribution in [1.29, 1.82) is 15.8 Å². The summed E-state index contributed by atoms with van der Waals surface area (Å²) in [5.41, 5.74) is 6.87. The van der Waals surface area contributed by atoms with Crippen LogP contribution in [0.3, 0.4) is 0 Å². The van der Waals surface area contributed by atoms with Gasteiger partial charge >= 0.3 is 0 Å². The van der Waals surface area contributed by atoms with Crippen LogP contribution in [0.25, 0.3) is 5.69 Å². The van der Waals surface area contributed by atoms with Crippen LogP contribution in [-0.2, 0) is 19.3 Å². The van der Waals surface area contributed by atoms with Crippen LogP contribution >= 0.6 is 0 Å². The maximum Gasteiger partial charge on any atom is 0.224 e. The molecule has 4 heterocycles. The molecule has 3 fully saturated rings. The van der Waals surface area contributed by atoms with E-state index in [4.69, 9.17) is 0 Å². The van der Waals surface area contributed by atoms with E-state index in [1.165, 1.54) is 35.3 Å². The molecule has 3 aliphatic rings. The van der Waals surface area contributed by atoms with Gasteiger partial charge in [-0.2, -0.15) is 35.8 Å². The fourth-order valence-corrected chi connectivity index (χ4v) is 9.92. The van der Waals surface area contributed by atoms with E-state index in [0.717, 1.165) is 30.5 Å². The summed E-state index contributed by atoms with van der Waals surface area (Å²) < 4.78 is 1.82. The van der Waals surface area contributed by atoms with Crippen LogP contribution in [0.2, 0.25) is 0 Å². The Balaban J connectivity index is 0.000000165. The van der Waals surface area contributed by atoms with E-state index in [0.29, 0.717) is 96.4 Å². The molecule has 0 bridgehead atoms. The first-order chi connectivity index (χ1) is 40.2. The second kappa shape index (κ2) is 26.9. The maximum atomic E-state index is 11.5. The lowest BCUT2D eigenvalue weighted by molar-refractivity contribution is -0.0512. The van der Waals surface area contributed by atoms with E-state index in [-0.39, 0.29) is 58.5 Å². The highest BCUT2D eigenvalue weighted by atomic mass is 16.3. The van der Waals surface area contributed by atoms with Gasteiger partial charge in [-0.15, -0.1) is 0 Å². The van der Waals surface area contributed by atoms with Crippen molar-refractivity contribution in [3.8, 4) is 23.9 Å². The van der Waals surface area contributed by atoms with Crippen molar-refractivity contribution in [3.05, 3.63) is 154 Å². The van der Waals surface area contributed by atoms with Crippen molar-refractivity contribution in [1.82, 2.24) is 39.7 Å². The Kier molecular flexibility index (Phi) is 19.5. The van der Waals surface area contributed by atoms with E-state index < -0.39 is 0 Å². The minimum absolute atomic E-state index is 0.0463. The minimum Gasteiger partial charge on any atom is -0.392 e. The van der Waals surface area contributed by atoms with Crippen molar-refractivity contribution in [2.24, 2.45) is 16.2 Å². The molecule has 21 heteroatoms. The van der Waals surface area contributed by atoms with Crippen LogP contribution in [0.5, 0.6) is 0 Å². The molecule has 9 N–H and O–H groups in total. The number of nitriles is 3. The number of Topliss-reactive ketones (excluding diaryl/α,β-unsaturated/α-hetero) is 1. The molecule has 21 nitrogen and oxygen atoms in total. The first-order valence-electron chi connectivity index (χ1n) is 28.3. The molecular formula is C63H75N17O4. The Bertz CT molecular complexity index is 3510. The zero-order valence-corrected chi connectivity index (χ0v) is 48.9. The number of aliphatic hydroxyl groups excluding tert-OH is 3. The Morgan fingerprint density at radius 2 is 0.976 bits per heavy atom. The number of hydrogen-bond donors (Lipinski definition) is 9. The first-order valence-corrected chi connectivity index (χ1v) is 28.3. The summed E-state index contributed by atoms with van der Waals surface area (Å²) in [6.45, 7) is 17.6. The van der Waals surface area contributed by atoms with Crippen LogP contribution in [0.4, 0.5) is 35.3 Å². The van der Waals surface area contributed by atoms with Crippen molar-refractivity contribution < 1.29 is 20.1 Å². The predicted octanol–water partition coefficient (Wildman–Crippen LogP) is 8.42. The Morgan fingerprint density at radius 1 is 0.571 bits per heavy atom. The topological polar surface area (TPSA) is 316 Å². The van der Waals surface area contributed by atoms with Crippen molar-refractivity contribution >= 4 is 41.1 Å². The quantitative estimate of drug-likeness (QED) is 0.0323. The SMILES string of the molecule is CC(=O)c1cccc(CCNc2ncc(C#N)c(N[C@@H]3C[C@H](O)C3(C)C)n2)c1.CC1(C)[C@@H](O)C[C@H]1Nc1nc(NCCc2ccc(-n3cccn3)cc2)ncc1C#N.Cc1cccc(CCNc2ncc(C#N)c(N[C@@H]3C[C@H](O)C3(C)C)n2)c1. The van der Waals surface area contributed by atoms with E-state index in [9.17, 15) is 35.9 Å². The molecule has 6 atom stereocenters. The average Bonchev–Trinajstić information content (AvgIpc) is 3.03.